The van der Waals surface area contributed by atoms with E-state index in [9.17, 15) is 0 Å². The summed E-state index contributed by atoms with van der Waals surface area (Å²) >= 11 is 0. The summed E-state index contributed by atoms with van der Waals surface area (Å²) in [7, 11) is 1.65. The Hall–Kier alpha value is -1.58. The number of aromatic nitrogens is 3. The highest BCUT2D eigenvalue weighted by Crippen LogP contribution is 2.12. The largest absolute Gasteiger partial charge is 0.495 e. The van der Waals surface area contributed by atoms with E-state index in [1.807, 2.05) is 22.7 Å². The Labute approximate surface area is 76.2 Å². The summed E-state index contributed by atoms with van der Waals surface area (Å²) in [5.74, 6) is 1.77. The van der Waals surface area contributed by atoms with E-state index in [0.717, 1.165) is 23.6 Å². The minimum atomic E-state index is 0.821. The normalized spacial score (nSPS) is 10.6. The molecule has 0 aliphatic carbocycles. The molecule has 2 aromatic rings. The zero-order valence-corrected chi connectivity index (χ0v) is 7.69. The molecule has 4 heteroatoms. The van der Waals surface area contributed by atoms with Crippen LogP contribution in [0.25, 0.3) is 5.65 Å². The molecule has 0 bridgehead atoms. The summed E-state index contributed by atoms with van der Waals surface area (Å²) in [5.41, 5.74) is 0.859. The van der Waals surface area contributed by atoms with Crippen LogP contribution in [0.2, 0.25) is 0 Å². The Bertz CT molecular complexity index is 422. The number of methoxy groups -OCH3 is 1. The van der Waals surface area contributed by atoms with Gasteiger partial charge in [-0.15, -0.1) is 10.2 Å². The molecule has 0 aliphatic heterocycles. The Morgan fingerprint density at radius 3 is 2.92 bits per heavy atom. The summed E-state index contributed by atoms with van der Waals surface area (Å²) in [4.78, 5) is 0. The second-order valence-corrected chi connectivity index (χ2v) is 2.77. The van der Waals surface area contributed by atoms with Crippen molar-refractivity contribution in [3.05, 3.63) is 24.2 Å². The third kappa shape index (κ3) is 1.24. The molecule has 2 heterocycles. The quantitative estimate of drug-likeness (QED) is 0.694. The van der Waals surface area contributed by atoms with E-state index < -0.39 is 0 Å². The molecule has 0 spiro atoms. The Morgan fingerprint density at radius 2 is 2.23 bits per heavy atom. The molecule has 68 valence electrons. The van der Waals surface area contributed by atoms with Gasteiger partial charge in [0.05, 0.1) is 13.3 Å². The van der Waals surface area contributed by atoms with Crippen LogP contribution in [0, 0.1) is 0 Å². The Kier molecular flexibility index (Phi) is 1.88. The number of aryl methyl sites for hydroxylation is 1. The van der Waals surface area contributed by atoms with Crippen molar-refractivity contribution in [1.82, 2.24) is 14.6 Å². The Balaban J connectivity index is 2.64. The third-order valence-corrected chi connectivity index (χ3v) is 2.00. The van der Waals surface area contributed by atoms with E-state index in [4.69, 9.17) is 4.74 Å². The van der Waals surface area contributed by atoms with Crippen molar-refractivity contribution in [3.8, 4) is 5.75 Å². The van der Waals surface area contributed by atoms with Gasteiger partial charge in [0.1, 0.15) is 11.6 Å². The summed E-state index contributed by atoms with van der Waals surface area (Å²) in [5, 5.41) is 8.07. The van der Waals surface area contributed by atoms with Crippen LogP contribution in [0.4, 0.5) is 0 Å². The minimum absolute atomic E-state index is 0.821. The van der Waals surface area contributed by atoms with Gasteiger partial charge in [-0.2, -0.15) is 0 Å². The van der Waals surface area contributed by atoms with Crippen LogP contribution in [-0.4, -0.2) is 21.7 Å². The van der Waals surface area contributed by atoms with Crippen LogP contribution in [0.1, 0.15) is 12.7 Å². The van der Waals surface area contributed by atoms with Crippen LogP contribution in [-0.2, 0) is 6.42 Å². The SMILES string of the molecule is CCc1nnc2ccc(OC)cn12. The van der Waals surface area contributed by atoms with Gasteiger partial charge in [0.15, 0.2) is 5.65 Å². The van der Waals surface area contributed by atoms with E-state index in [0.29, 0.717) is 0 Å². The molecule has 0 fully saturated rings. The summed E-state index contributed by atoms with van der Waals surface area (Å²) < 4.78 is 7.06. The van der Waals surface area contributed by atoms with E-state index >= 15 is 0 Å². The minimum Gasteiger partial charge on any atom is -0.495 e. The smallest absolute Gasteiger partial charge is 0.161 e. The zero-order valence-electron chi connectivity index (χ0n) is 7.69. The second kappa shape index (κ2) is 3.05. The van der Waals surface area contributed by atoms with Gasteiger partial charge >= 0.3 is 0 Å². The molecular weight excluding hydrogens is 166 g/mol. The lowest BCUT2D eigenvalue weighted by molar-refractivity contribution is 0.412. The Morgan fingerprint density at radius 1 is 1.38 bits per heavy atom. The van der Waals surface area contributed by atoms with Crippen LogP contribution >= 0.6 is 0 Å². The van der Waals surface area contributed by atoms with Crippen LogP contribution < -0.4 is 4.74 Å². The van der Waals surface area contributed by atoms with Crippen molar-refractivity contribution in [3.63, 3.8) is 0 Å². The van der Waals surface area contributed by atoms with Crippen molar-refractivity contribution >= 4 is 5.65 Å². The van der Waals surface area contributed by atoms with Crippen molar-refractivity contribution in [2.75, 3.05) is 7.11 Å². The van der Waals surface area contributed by atoms with Gasteiger partial charge < -0.3 is 4.74 Å². The molecule has 0 N–H and O–H groups in total. The van der Waals surface area contributed by atoms with Gasteiger partial charge in [0.25, 0.3) is 0 Å². The van der Waals surface area contributed by atoms with Crippen LogP contribution in [0.5, 0.6) is 5.75 Å². The number of rotatable bonds is 2. The second-order valence-electron chi connectivity index (χ2n) is 2.77. The molecule has 0 aromatic carbocycles. The fraction of sp³-hybridized carbons (Fsp3) is 0.333. The van der Waals surface area contributed by atoms with Crippen molar-refractivity contribution in [1.29, 1.82) is 0 Å². The summed E-state index contributed by atoms with van der Waals surface area (Å²) in [6.07, 6.45) is 2.77. The molecule has 0 saturated carbocycles. The van der Waals surface area contributed by atoms with Gasteiger partial charge in [-0.25, -0.2) is 0 Å². The van der Waals surface area contributed by atoms with E-state index in [1.54, 1.807) is 7.11 Å². The molecule has 0 atom stereocenters. The first-order valence-electron chi connectivity index (χ1n) is 4.23. The fourth-order valence-electron chi connectivity index (χ4n) is 1.28. The number of hydrogen-bond acceptors (Lipinski definition) is 3. The van der Waals surface area contributed by atoms with Gasteiger partial charge in [-0.3, -0.25) is 4.40 Å². The molecule has 2 aromatic heterocycles. The number of hydrogen-bond donors (Lipinski definition) is 0. The molecule has 0 aliphatic rings. The molecule has 2 rings (SSSR count). The predicted molar refractivity (Wildman–Crippen MR) is 48.9 cm³/mol. The van der Waals surface area contributed by atoms with Gasteiger partial charge in [-0.05, 0) is 12.1 Å². The first-order chi connectivity index (χ1) is 6.35. The highest BCUT2D eigenvalue weighted by molar-refractivity contribution is 5.41. The molecule has 0 unspecified atom stereocenters. The standard InChI is InChI=1S/C9H11N3O/c1-3-8-10-11-9-5-4-7(13-2)6-12(8)9/h4-6H,3H2,1-2H3. The van der Waals surface area contributed by atoms with Crippen molar-refractivity contribution in [2.24, 2.45) is 0 Å². The number of fused-ring (bicyclic) bond motifs is 1. The first-order valence-corrected chi connectivity index (χ1v) is 4.23. The molecule has 0 saturated heterocycles. The first kappa shape index (κ1) is 8.04. The number of nitrogens with zero attached hydrogens (tertiary/aromatic N) is 3. The van der Waals surface area contributed by atoms with E-state index in [1.165, 1.54) is 0 Å². The number of ether oxygens (including phenoxy) is 1. The molecule has 0 radical (unpaired) electrons. The van der Waals surface area contributed by atoms with Gasteiger partial charge in [0, 0.05) is 6.42 Å². The fourth-order valence-corrected chi connectivity index (χ4v) is 1.28. The molecule has 13 heavy (non-hydrogen) atoms. The van der Waals surface area contributed by atoms with Gasteiger partial charge in [0.2, 0.25) is 0 Å². The van der Waals surface area contributed by atoms with E-state index in [2.05, 4.69) is 17.1 Å². The zero-order chi connectivity index (χ0) is 9.26. The lowest BCUT2D eigenvalue weighted by Crippen LogP contribution is -1.93. The maximum atomic E-state index is 5.11. The summed E-state index contributed by atoms with van der Waals surface area (Å²) in [6, 6.07) is 3.77. The highest BCUT2D eigenvalue weighted by Gasteiger charge is 2.03. The number of pyridine rings is 1. The van der Waals surface area contributed by atoms with Crippen molar-refractivity contribution < 1.29 is 4.74 Å². The molecule has 4 nitrogen and oxygen atoms in total. The lowest BCUT2D eigenvalue weighted by Gasteiger charge is -2.00. The summed E-state index contributed by atoms with van der Waals surface area (Å²) in [6.45, 7) is 2.05. The maximum Gasteiger partial charge on any atom is 0.161 e. The van der Waals surface area contributed by atoms with Crippen molar-refractivity contribution in [2.45, 2.75) is 13.3 Å². The average Bonchev–Trinajstić information content (AvgIpc) is 2.59. The van der Waals surface area contributed by atoms with Crippen LogP contribution in [0.15, 0.2) is 18.3 Å². The highest BCUT2D eigenvalue weighted by atomic mass is 16.5. The molecular formula is C9H11N3O. The van der Waals surface area contributed by atoms with E-state index in [-0.39, 0.29) is 0 Å². The average molecular weight is 177 g/mol. The maximum absolute atomic E-state index is 5.11. The molecule has 0 amide bonds. The monoisotopic (exact) mass is 177 g/mol. The third-order valence-electron chi connectivity index (χ3n) is 2.00. The van der Waals surface area contributed by atoms with Crippen LogP contribution in [0.3, 0.4) is 0 Å². The topological polar surface area (TPSA) is 39.4 Å². The van der Waals surface area contributed by atoms with Gasteiger partial charge in [-0.1, -0.05) is 6.92 Å². The predicted octanol–water partition coefficient (Wildman–Crippen LogP) is 1.30. The lowest BCUT2D eigenvalue weighted by atomic mass is 10.4.